The lowest BCUT2D eigenvalue weighted by atomic mass is 9.77. The molecule has 2 nitrogen and oxygen atoms in total. The Bertz CT molecular complexity index is 427. The van der Waals surface area contributed by atoms with Crippen molar-refractivity contribution >= 4 is 0 Å². The van der Waals surface area contributed by atoms with Gasteiger partial charge in [0.2, 0.25) is 0 Å². The second-order valence-corrected chi connectivity index (χ2v) is 6.23. The van der Waals surface area contributed by atoms with Crippen LogP contribution in [0.15, 0.2) is 24.3 Å². The molecule has 0 aromatic heterocycles. The van der Waals surface area contributed by atoms with Gasteiger partial charge in [0.25, 0.3) is 0 Å². The van der Waals surface area contributed by atoms with E-state index in [1.165, 1.54) is 12.5 Å². The average Bonchev–Trinajstić information content (AvgIpc) is 2.46. The predicted octanol–water partition coefficient (Wildman–Crippen LogP) is 3.81. The highest BCUT2D eigenvalue weighted by molar-refractivity contribution is 5.19. The molecule has 0 saturated heterocycles. The van der Waals surface area contributed by atoms with Gasteiger partial charge in [-0.15, -0.1) is 0 Å². The summed E-state index contributed by atoms with van der Waals surface area (Å²) < 4.78 is 13.2. The van der Waals surface area contributed by atoms with E-state index >= 15 is 0 Å². The lowest BCUT2D eigenvalue weighted by Crippen LogP contribution is -2.44. The van der Waals surface area contributed by atoms with Crippen molar-refractivity contribution in [2.24, 2.45) is 5.92 Å². The number of hydrogen-bond acceptors (Lipinski definition) is 2. The highest BCUT2D eigenvalue weighted by atomic mass is 19.1. The Hall–Kier alpha value is -0.930. The molecule has 112 valence electrons. The second-order valence-electron chi connectivity index (χ2n) is 6.23. The zero-order chi connectivity index (χ0) is 14.6. The van der Waals surface area contributed by atoms with Crippen molar-refractivity contribution in [3.8, 4) is 0 Å². The fourth-order valence-corrected chi connectivity index (χ4v) is 3.04. The minimum absolute atomic E-state index is 0.0543. The summed E-state index contributed by atoms with van der Waals surface area (Å²) in [6.07, 6.45) is 5.18. The third kappa shape index (κ3) is 4.03. The number of halogens is 1. The molecule has 1 aromatic rings. The van der Waals surface area contributed by atoms with Gasteiger partial charge in [0.1, 0.15) is 5.82 Å². The van der Waals surface area contributed by atoms with Gasteiger partial charge in [0, 0.05) is 12.6 Å². The Balaban J connectivity index is 1.85. The van der Waals surface area contributed by atoms with Crippen molar-refractivity contribution in [1.29, 1.82) is 0 Å². The van der Waals surface area contributed by atoms with E-state index in [4.69, 9.17) is 0 Å². The molecule has 2 N–H and O–H groups in total. The summed E-state index contributed by atoms with van der Waals surface area (Å²) in [6.45, 7) is 4.82. The highest BCUT2D eigenvalue weighted by Crippen LogP contribution is 2.33. The van der Waals surface area contributed by atoms with E-state index in [1.54, 1.807) is 12.1 Å². The molecule has 1 saturated carbocycles. The Morgan fingerprint density at radius 2 is 2.10 bits per heavy atom. The largest absolute Gasteiger partial charge is 0.389 e. The lowest BCUT2D eigenvalue weighted by molar-refractivity contribution is -0.0103. The molecule has 3 heteroatoms. The minimum Gasteiger partial charge on any atom is -0.389 e. The standard InChI is InChI=1S/C17H26FNO/c1-3-14-7-9-17(20,10-8-14)12-19-13(2)15-5-4-6-16(18)11-15/h4-6,11,13-14,19-20H,3,7-10,12H2,1-2H3. The van der Waals surface area contributed by atoms with Gasteiger partial charge in [-0.2, -0.15) is 0 Å². The second kappa shape index (κ2) is 6.68. The van der Waals surface area contributed by atoms with Gasteiger partial charge in [0.05, 0.1) is 5.60 Å². The Kier molecular flexibility index (Phi) is 5.17. The number of nitrogens with one attached hydrogen (secondary N) is 1. The summed E-state index contributed by atoms with van der Waals surface area (Å²) in [6, 6.07) is 6.70. The van der Waals surface area contributed by atoms with Crippen LogP contribution in [0, 0.1) is 11.7 Å². The summed E-state index contributed by atoms with van der Waals surface area (Å²) in [5, 5.41) is 14.0. The number of aliphatic hydroxyl groups is 1. The van der Waals surface area contributed by atoms with Crippen molar-refractivity contribution in [2.45, 2.75) is 57.6 Å². The zero-order valence-electron chi connectivity index (χ0n) is 12.5. The van der Waals surface area contributed by atoms with Crippen LogP contribution in [0.1, 0.15) is 57.6 Å². The molecule has 1 fully saturated rings. The number of rotatable bonds is 5. The molecule has 0 bridgehead atoms. The van der Waals surface area contributed by atoms with E-state index in [9.17, 15) is 9.50 Å². The molecular weight excluding hydrogens is 253 g/mol. The monoisotopic (exact) mass is 279 g/mol. The van der Waals surface area contributed by atoms with E-state index in [0.29, 0.717) is 6.54 Å². The smallest absolute Gasteiger partial charge is 0.123 e. The Morgan fingerprint density at radius 1 is 1.40 bits per heavy atom. The van der Waals surface area contributed by atoms with Crippen LogP contribution in [0.25, 0.3) is 0 Å². The average molecular weight is 279 g/mol. The van der Waals surface area contributed by atoms with Gasteiger partial charge in [-0.05, 0) is 56.2 Å². The van der Waals surface area contributed by atoms with Crippen molar-refractivity contribution in [1.82, 2.24) is 5.32 Å². The summed E-state index contributed by atoms with van der Waals surface area (Å²) in [5.74, 6) is 0.564. The SMILES string of the molecule is CCC1CCC(O)(CNC(C)c2cccc(F)c2)CC1. The third-order valence-corrected chi connectivity index (χ3v) is 4.70. The summed E-state index contributed by atoms with van der Waals surface area (Å²) in [4.78, 5) is 0. The highest BCUT2D eigenvalue weighted by Gasteiger charge is 2.32. The minimum atomic E-state index is -0.590. The molecule has 0 amide bonds. The molecule has 20 heavy (non-hydrogen) atoms. The fraction of sp³-hybridized carbons (Fsp3) is 0.647. The maximum atomic E-state index is 13.2. The molecule has 1 aromatic carbocycles. The van der Waals surface area contributed by atoms with Crippen LogP contribution in [0.3, 0.4) is 0 Å². The quantitative estimate of drug-likeness (QED) is 0.859. The van der Waals surface area contributed by atoms with Crippen LogP contribution in [0.2, 0.25) is 0 Å². The molecule has 0 aliphatic heterocycles. The lowest BCUT2D eigenvalue weighted by Gasteiger charge is -2.36. The van der Waals surface area contributed by atoms with E-state index in [-0.39, 0.29) is 11.9 Å². The predicted molar refractivity (Wildman–Crippen MR) is 80.0 cm³/mol. The molecule has 1 aliphatic carbocycles. The van der Waals surface area contributed by atoms with Gasteiger partial charge >= 0.3 is 0 Å². The maximum absolute atomic E-state index is 13.2. The van der Waals surface area contributed by atoms with Gasteiger partial charge < -0.3 is 10.4 Å². The Labute approximate surface area is 121 Å². The zero-order valence-corrected chi connectivity index (χ0v) is 12.5. The first-order chi connectivity index (χ1) is 9.52. The molecule has 2 rings (SSSR count). The first-order valence-corrected chi connectivity index (χ1v) is 7.73. The summed E-state index contributed by atoms with van der Waals surface area (Å²) >= 11 is 0. The number of hydrogen-bond donors (Lipinski definition) is 2. The maximum Gasteiger partial charge on any atom is 0.123 e. The summed E-state index contributed by atoms with van der Waals surface area (Å²) in [5.41, 5.74) is 0.337. The van der Waals surface area contributed by atoms with E-state index < -0.39 is 5.60 Å². The van der Waals surface area contributed by atoms with Crippen LogP contribution < -0.4 is 5.32 Å². The van der Waals surface area contributed by atoms with Crippen molar-refractivity contribution in [3.63, 3.8) is 0 Å². The topological polar surface area (TPSA) is 32.3 Å². The Morgan fingerprint density at radius 3 is 2.70 bits per heavy atom. The van der Waals surface area contributed by atoms with Crippen molar-refractivity contribution in [2.75, 3.05) is 6.54 Å². The number of benzene rings is 1. The normalized spacial score (nSPS) is 28.3. The van der Waals surface area contributed by atoms with E-state index in [2.05, 4.69) is 12.2 Å². The van der Waals surface area contributed by atoms with Gasteiger partial charge in [-0.25, -0.2) is 4.39 Å². The molecule has 0 radical (unpaired) electrons. The van der Waals surface area contributed by atoms with Crippen molar-refractivity contribution < 1.29 is 9.50 Å². The van der Waals surface area contributed by atoms with Crippen LogP contribution >= 0.6 is 0 Å². The van der Waals surface area contributed by atoms with Gasteiger partial charge in [-0.1, -0.05) is 25.5 Å². The first kappa shape index (κ1) is 15.5. The first-order valence-electron chi connectivity index (χ1n) is 7.73. The van der Waals surface area contributed by atoms with Crippen LogP contribution in [0.4, 0.5) is 4.39 Å². The molecular formula is C17H26FNO. The van der Waals surface area contributed by atoms with Crippen LogP contribution in [0.5, 0.6) is 0 Å². The van der Waals surface area contributed by atoms with E-state index in [1.807, 2.05) is 13.0 Å². The van der Waals surface area contributed by atoms with Crippen LogP contribution in [-0.2, 0) is 0 Å². The molecule has 1 unspecified atom stereocenters. The molecule has 1 aliphatic rings. The molecule has 1 atom stereocenters. The summed E-state index contributed by atoms with van der Waals surface area (Å²) in [7, 11) is 0. The van der Waals surface area contributed by atoms with Gasteiger partial charge in [-0.3, -0.25) is 0 Å². The van der Waals surface area contributed by atoms with Gasteiger partial charge in [0.15, 0.2) is 0 Å². The fourth-order valence-electron chi connectivity index (χ4n) is 3.04. The van der Waals surface area contributed by atoms with E-state index in [0.717, 1.165) is 37.2 Å². The molecule has 0 heterocycles. The third-order valence-electron chi connectivity index (χ3n) is 4.70. The van der Waals surface area contributed by atoms with Crippen molar-refractivity contribution in [3.05, 3.63) is 35.6 Å². The van der Waals surface area contributed by atoms with Crippen LogP contribution in [-0.4, -0.2) is 17.3 Å². The molecule has 0 spiro atoms.